The monoisotopic (exact) mass is 344 g/mol. The highest BCUT2D eigenvalue weighted by Gasteiger charge is 2.21. The quantitative estimate of drug-likeness (QED) is 0.751. The van der Waals surface area contributed by atoms with Crippen molar-refractivity contribution in [1.29, 1.82) is 0 Å². The van der Waals surface area contributed by atoms with E-state index in [1.807, 2.05) is 0 Å². The molecular weight excluding hydrogens is 328 g/mol. The minimum absolute atomic E-state index is 0.00727. The summed E-state index contributed by atoms with van der Waals surface area (Å²) in [4.78, 5) is 12.7. The lowest BCUT2D eigenvalue weighted by Crippen LogP contribution is -2.08. The first kappa shape index (κ1) is 16.5. The van der Waals surface area contributed by atoms with Crippen LogP contribution in [0.25, 0.3) is 22.3 Å². The van der Waals surface area contributed by atoms with Crippen molar-refractivity contribution in [3.05, 3.63) is 40.6 Å². The number of hydrogen-bond acceptors (Lipinski definition) is 7. The average Bonchev–Trinajstić information content (AvgIpc) is 2.61. The Hall–Kier alpha value is -3.35. The second kappa shape index (κ2) is 6.27. The van der Waals surface area contributed by atoms with Gasteiger partial charge < -0.3 is 28.8 Å². The summed E-state index contributed by atoms with van der Waals surface area (Å²) in [5, 5.41) is 19.8. The molecule has 0 aliphatic heterocycles. The molecule has 0 aliphatic rings. The van der Waals surface area contributed by atoms with Gasteiger partial charge in [0.1, 0.15) is 22.5 Å². The number of methoxy groups -OCH3 is 3. The zero-order valence-electron chi connectivity index (χ0n) is 13.8. The number of ether oxygens (including phenoxy) is 3. The number of hydrogen-bond donors (Lipinski definition) is 2. The Morgan fingerprint density at radius 3 is 2.32 bits per heavy atom. The van der Waals surface area contributed by atoms with Crippen molar-refractivity contribution in [3.63, 3.8) is 0 Å². The molecule has 0 saturated carbocycles. The third-order valence-corrected chi connectivity index (χ3v) is 3.79. The van der Waals surface area contributed by atoms with Gasteiger partial charge in [-0.2, -0.15) is 0 Å². The molecular formula is C18H16O7. The molecule has 1 aromatic heterocycles. The van der Waals surface area contributed by atoms with Crippen LogP contribution in [0.4, 0.5) is 0 Å². The Morgan fingerprint density at radius 1 is 0.920 bits per heavy atom. The van der Waals surface area contributed by atoms with Crippen LogP contribution in [0.2, 0.25) is 0 Å². The maximum atomic E-state index is 12.7. The first-order valence-electron chi connectivity index (χ1n) is 7.29. The second-order valence-corrected chi connectivity index (χ2v) is 5.20. The van der Waals surface area contributed by atoms with Gasteiger partial charge in [0.25, 0.3) is 0 Å². The molecule has 0 spiro atoms. The third-order valence-electron chi connectivity index (χ3n) is 3.79. The number of fused-ring (bicyclic) bond motifs is 1. The largest absolute Gasteiger partial charge is 0.507 e. The Balaban J connectivity index is 2.36. The number of rotatable bonds is 4. The van der Waals surface area contributed by atoms with Crippen LogP contribution >= 0.6 is 0 Å². The van der Waals surface area contributed by atoms with Gasteiger partial charge in [-0.15, -0.1) is 0 Å². The standard InChI is InChI=1S/C18H16O7/c1-22-10-7-12(20)15-14(8-10)25-17(18(24-3)16(15)21)9-4-5-11(19)13(6-9)23-2/h4-8,19-20H,1-3H3. The van der Waals surface area contributed by atoms with Gasteiger partial charge in [-0.25, -0.2) is 0 Å². The molecule has 0 bridgehead atoms. The smallest absolute Gasteiger partial charge is 0.239 e. The fraction of sp³-hybridized carbons (Fsp3) is 0.167. The van der Waals surface area contributed by atoms with Gasteiger partial charge in [0.2, 0.25) is 11.2 Å². The summed E-state index contributed by atoms with van der Waals surface area (Å²) < 4.78 is 21.2. The highest BCUT2D eigenvalue weighted by Crippen LogP contribution is 2.38. The van der Waals surface area contributed by atoms with Crippen molar-refractivity contribution in [2.24, 2.45) is 0 Å². The van der Waals surface area contributed by atoms with Crippen LogP contribution < -0.4 is 19.6 Å². The molecule has 2 N–H and O–H groups in total. The molecule has 2 aromatic carbocycles. The van der Waals surface area contributed by atoms with Crippen LogP contribution in [0.1, 0.15) is 0 Å². The van der Waals surface area contributed by atoms with Crippen molar-refractivity contribution in [2.45, 2.75) is 0 Å². The average molecular weight is 344 g/mol. The molecule has 3 aromatic rings. The summed E-state index contributed by atoms with van der Waals surface area (Å²) in [7, 11) is 4.18. The Kier molecular flexibility index (Phi) is 4.14. The van der Waals surface area contributed by atoms with Crippen LogP contribution in [-0.4, -0.2) is 31.5 Å². The van der Waals surface area contributed by atoms with Gasteiger partial charge in [-0.1, -0.05) is 0 Å². The van der Waals surface area contributed by atoms with Crippen LogP contribution in [0.15, 0.2) is 39.5 Å². The highest BCUT2D eigenvalue weighted by atomic mass is 16.5. The van der Waals surface area contributed by atoms with E-state index < -0.39 is 5.43 Å². The predicted molar refractivity (Wildman–Crippen MR) is 90.9 cm³/mol. The zero-order chi connectivity index (χ0) is 18.1. The topological polar surface area (TPSA) is 98.4 Å². The fourth-order valence-corrected chi connectivity index (χ4v) is 2.57. The third kappa shape index (κ3) is 2.69. The van der Waals surface area contributed by atoms with Crippen molar-refractivity contribution in [1.82, 2.24) is 0 Å². The van der Waals surface area contributed by atoms with Gasteiger partial charge in [-0.3, -0.25) is 4.79 Å². The molecule has 0 atom stereocenters. The molecule has 0 unspecified atom stereocenters. The molecule has 130 valence electrons. The number of phenolic OH excluding ortho intramolecular Hbond substituents is 2. The summed E-state index contributed by atoms with van der Waals surface area (Å²) in [6.45, 7) is 0. The van der Waals surface area contributed by atoms with Crippen molar-refractivity contribution in [3.8, 4) is 40.1 Å². The van der Waals surface area contributed by atoms with E-state index in [0.717, 1.165) is 0 Å². The van der Waals surface area contributed by atoms with Gasteiger partial charge >= 0.3 is 0 Å². The molecule has 0 amide bonds. The summed E-state index contributed by atoms with van der Waals surface area (Å²) in [5.41, 5.74) is 0.0865. The van der Waals surface area contributed by atoms with Crippen LogP contribution in [-0.2, 0) is 0 Å². The van der Waals surface area contributed by atoms with E-state index in [9.17, 15) is 15.0 Å². The molecule has 3 rings (SSSR count). The first-order valence-corrected chi connectivity index (χ1v) is 7.29. The normalized spacial score (nSPS) is 10.7. The lowest BCUT2D eigenvalue weighted by atomic mass is 10.1. The highest BCUT2D eigenvalue weighted by molar-refractivity contribution is 5.88. The molecule has 0 saturated heterocycles. The first-order chi connectivity index (χ1) is 12.0. The maximum absolute atomic E-state index is 12.7. The van der Waals surface area contributed by atoms with E-state index in [2.05, 4.69) is 0 Å². The van der Waals surface area contributed by atoms with E-state index in [1.54, 1.807) is 6.07 Å². The minimum Gasteiger partial charge on any atom is -0.507 e. The fourth-order valence-electron chi connectivity index (χ4n) is 2.57. The van der Waals surface area contributed by atoms with Crippen molar-refractivity contribution >= 4 is 11.0 Å². The lowest BCUT2D eigenvalue weighted by Gasteiger charge is -2.12. The van der Waals surface area contributed by atoms with Gasteiger partial charge in [-0.05, 0) is 18.2 Å². The Bertz CT molecular complexity index is 1000. The molecule has 0 aliphatic carbocycles. The molecule has 0 fully saturated rings. The number of aromatic hydroxyl groups is 2. The van der Waals surface area contributed by atoms with Gasteiger partial charge in [0.05, 0.1) is 21.3 Å². The Labute approximate surface area is 142 Å². The Morgan fingerprint density at radius 2 is 1.68 bits per heavy atom. The minimum atomic E-state index is -0.522. The second-order valence-electron chi connectivity index (χ2n) is 5.20. The van der Waals surface area contributed by atoms with Crippen molar-refractivity contribution in [2.75, 3.05) is 21.3 Å². The van der Waals surface area contributed by atoms with Gasteiger partial charge in [0, 0.05) is 17.7 Å². The molecule has 7 heteroatoms. The molecule has 25 heavy (non-hydrogen) atoms. The van der Waals surface area contributed by atoms with Gasteiger partial charge in [0.15, 0.2) is 17.3 Å². The summed E-state index contributed by atoms with van der Waals surface area (Å²) >= 11 is 0. The van der Waals surface area contributed by atoms with E-state index in [4.69, 9.17) is 18.6 Å². The molecule has 1 heterocycles. The maximum Gasteiger partial charge on any atom is 0.239 e. The summed E-state index contributed by atoms with van der Waals surface area (Å²) in [6, 6.07) is 7.31. The number of phenols is 2. The summed E-state index contributed by atoms with van der Waals surface area (Å²) in [6.07, 6.45) is 0. The van der Waals surface area contributed by atoms with E-state index in [-0.39, 0.29) is 39.7 Å². The van der Waals surface area contributed by atoms with Crippen molar-refractivity contribution < 1.29 is 28.8 Å². The zero-order valence-corrected chi connectivity index (χ0v) is 13.8. The van der Waals surface area contributed by atoms with Crippen LogP contribution in [0.5, 0.6) is 28.7 Å². The molecule has 7 nitrogen and oxygen atoms in total. The number of benzene rings is 2. The summed E-state index contributed by atoms with van der Waals surface area (Å²) in [5.74, 6) is 0.318. The SMILES string of the molecule is COc1cc(O)c2c(=O)c(OC)c(-c3ccc(O)c(OC)c3)oc2c1. The molecule has 0 radical (unpaired) electrons. The van der Waals surface area contributed by atoms with Crippen LogP contribution in [0, 0.1) is 0 Å². The van der Waals surface area contributed by atoms with E-state index in [1.165, 1.54) is 45.6 Å². The van der Waals surface area contributed by atoms with E-state index in [0.29, 0.717) is 11.3 Å². The van der Waals surface area contributed by atoms with Crippen LogP contribution in [0.3, 0.4) is 0 Å². The lowest BCUT2D eigenvalue weighted by molar-refractivity contribution is 0.373. The van der Waals surface area contributed by atoms with E-state index >= 15 is 0 Å². The predicted octanol–water partition coefficient (Wildman–Crippen LogP) is 2.90.